The van der Waals surface area contributed by atoms with E-state index in [1.807, 2.05) is 0 Å². The molecule has 2 aliphatic rings. The lowest BCUT2D eigenvalue weighted by molar-refractivity contribution is -0.134. The molecule has 54 heavy (non-hydrogen) atoms. The van der Waals surface area contributed by atoms with Gasteiger partial charge in [0.05, 0.1) is 30.4 Å². The monoisotopic (exact) mass is 732 g/mol. The number of ether oxygens (including phenoxy) is 3. The van der Waals surface area contributed by atoms with Crippen LogP contribution in [-0.4, -0.2) is 52.2 Å². The number of rotatable bonds is 10. The zero-order valence-corrected chi connectivity index (χ0v) is 29.7. The molecule has 4 aromatic carbocycles. The largest absolute Gasteiger partial charge is 0.507 e. The summed E-state index contributed by atoms with van der Waals surface area (Å²) in [6.07, 6.45) is 11.5. The molecule has 7 rings (SSSR count). The number of carbonyl (C=O) groups excluding carboxylic acids is 3. The Morgan fingerprint density at radius 1 is 0.648 bits per heavy atom. The van der Waals surface area contributed by atoms with Gasteiger partial charge in [-0.05, 0) is 124 Å². The van der Waals surface area contributed by atoms with Crippen molar-refractivity contribution in [1.82, 2.24) is 0 Å². The number of fused-ring (bicyclic) bond motifs is 1. The SMILES string of the molecule is COC(=O)/C=C/c1cc(C(=O)c2ccc(OC3CCCC3)cc2O)ccc1O.O=C(c1ccc2oc(=O)ccc2c1)c1ccc(OC2CCCC2)cc1O. The van der Waals surface area contributed by atoms with Gasteiger partial charge in [0.15, 0.2) is 11.6 Å². The first-order valence-corrected chi connectivity index (χ1v) is 17.8. The van der Waals surface area contributed by atoms with Gasteiger partial charge in [0, 0.05) is 46.4 Å². The highest BCUT2D eigenvalue weighted by atomic mass is 16.5. The van der Waals surface area contributed by atoms with Crippen LogP contribution in [-0.2, 0) is 9.53 Å². The number of ketones is 2. The summed E-state index contributed by atoms with van der Waals surface area (Å²) >= 11 is 0. The lowest BCUT2D eigenvalue weighted by Gasteiger charge is -2.14. The van der Waals surface area contributed by atoms with Crippen LogP contribution < -0.4 is 15.1 Å². The predicted molar refractivity (Wildman–Crippen MR) is 200 cm³/mol. The van der Waals surface area contributed by atoms with E-state index in [0.717, 1.165) is 57.4 Å². The number of methoxy groups -OCH3 is 1. The molecule has 0 atom stereocenters. The van der Waals surface area contributed by atoms with Gasteiger partial charge in [0.25, 0.3) is 0 Å². The number of hydrogen-bond acceptors (Lipinski definition) is 11. The number of aromatic hydroxyl groups is 3. The molecule has 0 unspecified atom stereocenters. The Balaban J connectivity index is 0.000000185. The fourth-order valence-corrected chi connectivity index (χ4v) is 6.53. The van der Waals surface area contributed by atoms with E-state index in [-0.39, 0.29) is 57.5 Å². The maximum absolute atomic E-state index is 12.8. The Bertz CT molecular complexity index is 2260. The fourth-order valence-electron chi connectivity index (χ4n) is 6.53. The van der Waals surface area contributed by atoms with Gasteiger partial charge in [0.2, 0.25) is 0 Å². The van der Waals surface area contributed by atoms with Crippen LogP contribution in [0.2, 0.25) is 0 Å². The third kappa shape index (κ3) is 9.16. The van der Waals surface area contributed by atoms with Crippen molar-refractivity contribution in [3.63, 3.8) is 0 Å². The number of phenols is 3. The Hall–Kier alpha value is -6.36. The Morgan fingerprint density at radius 2 is 1.19 bits per heavy atom. The summed E-state index contributed by atoms with van der Waals surface area (Å²) in [5.41, 5.74) is 1.28. The maximum atomic E-state index is 12.8. The van der Waals surface area contributed by atoms with Crippen molar-refractivity contribution in [2.24, 2.45) is 0 Å². The molecule has 1 aromatic heterocycles. The summed E-state index contributed by atoms with van der Waals surface area (Å²) in [6, 6.07) is 21.4. The topological polar surface area (TPSA) is 170 Å². The molecule has 0 radical (unpaired) electrons. The quantitative estimate of drug-likeness (QED) is 0.0552. The average molecular weight is 733 g/mol. The second-order valence-electron chi connectivity index (χ2n) is 13.2. The van der Waals surface area contributed by atoms with Gasteiger partial charge in [-0.15, -0.1) is 0 Å². The van der Waals surface area contributed by atoms with E-state index in [9.17, 15) is 34.5 Å². The number of esters is 1. The summed E-state index contributed by atoms with van der Waals surface area (Å²) < 4.78 is 21.3. The molecule has 2 saturated carbocycles. The van der Waals surface area contributed by atoms with Crippen LogP contribution in [0.5, 0.6) is 28.7 Å². The van der Waals surface area contributed by atoms with Crippen LogP contribution in [0.4, 0.5) is 0 Å². The van der Waals surface area contributed by atoms with E-state index in [1.54, 1.807) is 42.5 Å². The van der Waals surface area contributed by atoms with Crippen molar-refractivity contribution in [2.75, 3.05) is 7.11 Å². The first-order chi connectivity index (χ1) is 26.1. The summed E-state index contributed by atoms with van der Waals surface area (Å²) in [4.78, 5) is 48.0. The van der Waals surface area contributed by atoms with Gasteiger partial charge in [-0.2, -0.15) is 0 Å². The van der Waals surface area contributed by atoms with Gasteiger partial charge in [-0.3, -0.25) is 9.59 Å². The number of benzene rings is 4. The normalized spacial score (nSPS) is 14.5. The highest BCUT2D eigenvalue weighted by Gasteiger charge is 2.21. The molecule has 0 bridgehead atoms. The summed E-state index contributed by atoms with van der Waals surface area (Å²) in [5.74, 6) is -0.529. The standard InChI is InChI=1S/C22H22O6.C21H18O5/c1-27-21(25)11-7-14-12-15(6-10-19(14)23)22(26)18-9-8-17(13-20(18)24)28-16-4-2-3-5-16;22-18-12-16(25-15-3-1-2-4-15)7-8-17(18)21(24)14-5-9-19-13(11-14)6-10-20(23)26-19/h6-13,16,23-24H,2-5H2,1H3;5-12,15,22H,1-4H2/b11-7+;. The third-order valence-corrected chi connectivity index (χ3v) is 9.41. The van der Waals surface area contributed by atoms with Crippen LogP contribution in [0, 0.1) is 0 Å². The molecule has 11 nitrogen and oxygen atoms in total. The van der Waals surface area contributed by atoms with Gasteiger partial charge in [0.1, 0.15) is 34.3 Å². The second-order valence-corrected chi connectivity index (χ2v) is 13.2. The van der Waals surface area contributed by atoms with Crippen LogP contribution in [0.3, 0.4) is 0 Å². The zero-order valence-electron chi connectivity index (χ0n) is 29.7. The highest BCUT2D eigenvalue weighted by molar-refractivity contribution is 6.12. The van der Waals surface area contributed by atoms with Gasteiger partial charge in [-0.25, -0.2) is 9.59 Å². The molecule has 278 valence electrons. The molecule has 0 spiro atoms. The number of hydrogen-bond donors (Lipinski definition) is 3. The van der Waals surface area contributed by atoms with Crippen LogP contribution in [0.25, 0.3) is 17.0 Å². The summed E-state index contributed by atoms with van der Waals surface area (Å²) in [6.45, 7) is 0. The first-order valence-electron chi connectivity index (χ1n) is 17.8. The van der Waals surface area contributed by atoms with E-state index < -0.39 is 17.4 Å². The first kappa shape index (κ1) is 37.4. The van der Waals surface area contributed by atoms with E-state index in [1.165, 1.54) is 55.7 Å². The molecular formula is C43H40O11. The molecule has 0 saturated heterocycles. The Kier molecular flexibility index (Phi) is 11.8. The van der Waals surface area contributed by atoms with Crippen molar-refractivity contribution in [1.29, 1.82) is 0 Å². The van der Waals surface area contributed by atoms with Crippen LogP contribution in [0.15, 0.2) is 100 Å². The fraction of sp³-hybridized carbons (Fsp3) is 0.256. The molecule has 2 fully saturated rings. The van der Waals surface area contributed by atoms with E-state index in [2.05, 4.69) is 4.74 Å². The third-order valence-electron chi connectivity index (χ3n) is 9.41. The van der Waals surface area contributed by atoms with Gasteiger partial charge >= 0.3 is 11.6 Å². The van der Waals surface area contributed by atoms with Crippen molar-refractivity contribution in [2.45, 2.75) is 63.6 Å². The Morgan fingerprint density at radius 3 is 1.72 bits per heavy atom. The highest BCUT2D eigenvalue weighted by Crippen LogP contribution is 2.32. The van der Waals surface area contributed by atoms with Crippen LogP contribution >= 0.6 is 0 Å². The maximum Gasteiger partial charge on any atom is 0.336 e. The number of carbonyl (C=O) groups is 3. The molecule has 0 amide bonds. The Labute approximate surface area is 311 Å². The molecular weight excluding hydrogens is 692 g/mol. The summed E-state index contributed by atoms with van der Waals surface area (Å²) in [5, 5.41) is 31.2. The second kappa shape index (κ2) is 17.0. The predicted octanol–water partition coefficient (Wildman–Crippen LogP) is 7.89. The summed E-state index contributed by atoms with van der Waals surface area (Å²) in [7, 11) is 1.25. The molecule has 3 N–H and O–H groups in total. The smallest absolute Gasteiger partial charge is 0.336 e. The lowest BCUT2D eigenvalue weighted by Crippen LogP contribution is -2.11. The van der Waals surface area contributed by atoms with E-state index in [4.69, 9.17) is 13.9 Å². The van der Waals surface area contributed by atoms with Crippen molar-refractivity contribution >= 4 is 34.6 Å². The molecule has 1 heterocycles. The zero-order chi connectivity index (χ0) is 38.2. The van der Waals surface area contributed by atoms with E-state index >= 15 is 0 Å². The minimum atomic E-state index is -0.577. The van der Waals surface area contributed by atoms with Crippen LogP contribution in [0.1, 0.15) is 88.8 Å². The number of phenolic OH excluding ortho intramolecular Hbond substituents is 3. The molecule has 5 aromatic rings. The van der Waals surface area contributed by atoms with Crippen molar-refractivity contribution < 1.29 is 48.3 Å². The lowest BCUT2D eigenvalue weighted by atomic mass is 9.99. The van der Waals surface area contributed by atoms with Gasteiger partial charge < -0.3 is 33.9 Å². The van der Waals surface area contributed by atoms with Crippen molar-refractivity contribution in [3.05, 3.63) is 129 Å². The molecule has 0 aliphatic heterocycles. The van der Waals surface area contributed by atoms with E-state index in [0.29, 0.717) is 28.0 Å². The minimum absolute atomic E-state index is 0.0822. The van der Waals surface area contributed by atoms with Gasteiger partial charge in [-0.1, -0.05) is 0 Å². The molecule has 11 heteroatoms. The minimum Gasteiger partial charge on any atom is -0.507 e. The molecule has 2 aliphatic carbocycles. The van der Waals surface area contributed by atoms with Crippen molar-refractivity contribution in [3.8, 4) is 28.7 Å². The average Bonchev–Trinajstić information content (AvgIpc) is 3.89.